The highest BCUT2D eigenvalue weighted by Crippen LogP contribution is 2.28. The molecule has 19 heavy (non-hydrogen) atoms. The van der Waals surface area contributed by atoms with Gasteiger partial charge in [0.05, 0.1) is 26.6 Å². The minimum Gasteiger partial charge on any atom is -0.392 e. The summed E-state index contributed by atoms with van der Waals surface area (Å²) >= 11 is 17.1. The molecule has 1 unspecified atom stereocenters. The summed E-state index contributed by atoms with van der Waals surface area (Å²) in [6.07, 6.45) is 2.78. The first kappa shape index (κ1) is 14.6. The molecule has 6 heteroatoms. The standard InChI is InChI=1S/C13H14Cl2N2OS/c14-9-5-3-4-8(11(9)15)13(18)17-7-2-1-6-10(17)12(16)19/h3-5,10H,1-2,6-7H2,(H2,16,19). The van der Waals surface area contributed by atoms with Crippen molar-refractivity contribution in [3.63, 3.8) is 0 Å². The van der Waals surface area contributed by atoms with Crippen molar-refractivity contribution in [2.45, 2.75) is 25.3 Å². The monoisotopic (exact) mass is 316 g/mol. The van der Waals surface area contributed by atoms with Crippen LogP contribution in [0.1, 0.15) is 29.6 Å². The van der Waals surface area contributed by atoms with Gasteiger partial charge in [-0.05, 0) is 31.4 Å². The maximum atomic E-state index is 12.6. The second-order valence-electron chi connectivity index (χ2n) is 4.51. The fourth-order valence-electron chi connectivity index (χ4n) is 2.29. The molecule has 1 aromatic carbocycles. The summed E-state index contributed by atoms with van der Waals surface area (Å²) < 4.78 is 0. The zero-order valence-corrected chi connectivity index (χ0v) is 12.6. The van der Waals surface area contributed by atoms with E-state index in [1.165, 1.54) is 0 Å². The number of likely N-dealkylation sites (tertiary alicyclic amines) is 1. The number of benzene rings is 1. The predicted molar refractivity (Wildman–Crippen MR) is 81.9 cm³/mol. The first-order chi connectivity index (χ1) is 9.02. The van der Waals surface area contributed by atoms with Crippen LogP contribution >= 0.6 is 35.4 Å². The molecule has 1 aliphatic heterocycles. The average molecular weight is 317 g/mol. The van der Waals surface area contributed by atoms with E-state index in [0.717, 1.165) is 19.3 Å². The Labute approximate surface area is 127 Å². The van der Waals surface area contributed by atoms with Gasteiger partial charge in [-0.25, -0.2) is 0 Å². The molecule has 2 N–H and O–H groups in total. The third-order valence-electron chi connectivity index (χ3n) is 3.27. The number of nitrogens with zero attached hydrogens (tertiary/aromatic N) is 1. The third-order valence-corrected chi connectivity index (χ3v) is 4.37. The average Bonchev–Trinajstić information content (AvgIpc) is 2.41. The SMILES string of the molecule is NC(=S)C1CCCCN1C(=O)c1cccc(Cl)c1Cl. The molecule has 0 aromatic heterocycles. The second kappa shape index (κ2) is 6.07. The van der Waals surface area contributed by atoms with Crippen LogP contribution in [-0.2, 0) is 0 Å². The topological polar surface area (TPSA) is 46.3 Å². The van der Waals surface area contributed by atoms with Gasteiger partial charge in [0.2, 0.25) is 0 Å². The van der Waals surface area contributed by atoms with Crippen LogP contribution in [0.5, 0.6) is 0 Å². The Bertz CT molecular complexity index is 521. The number of thiocarbonyl (C=S) groups is 1. The minimum absolute atomic E-state index is 0.162. The maximum Gasteiger partial charge on any atom is 0.256 e. The van der Waals surface area contributed by atoms with E-state index in [4.69, 9.17) is 41.2 Å². The Morgan fingerprint density at radius 2 is 2.11 bits per heavy atom. The van der Waals surface area contributed by atoms with Gasteiger partial charge >= 0.3 is 0 Å². The van der Waals surface area contributed by atoms with Gasteiger partial charge in [-0.15, -0.1) is 0 Å². The van der Waals surface area contributed by atoms with Crippen LogP contribution in [0.4, 0.5) is 0 Å². The van der Waals surface area contributed by atoms with Crippen molar-refractivity contribution in [1.29, 1.82) is 0 Å². The normalized spacial score (nSPS) is 19.3. The van der Waals surface area contributed by atoms with E-state index in [-0.39, 0.29) is 17.0 Å². The second-order valence-corrected chi connectivity index (χ2v) is 5.77. The Kier molecular flexibility index (Phi) is 4.66. The van der Waals surface area contributed by atoms with Gasteiger partial charge < -0.3 is 10.6 Å². The van der Waals surface area contributed by atoms with E-state index in [1.54, 1.807) is 23.1 Å². The number of halogens is 2. The number of piperidine rings is 1. The summed E-state index contributed by atoms with van der Waals surface area (Å²) in [6, 6.07) is 4.84. The van der Waals surface area contributed by atoms with Crippen molar-refractivity contribution in [3.05, 3.63) is 33.8 Å². The number of amides is 1. The lowest BCUT2D eigenvalue weighted by Crippen LogP contribution is -2.49. The number of rotatable bonds is 2. The molecule has 1 heterocycles. The van der Waals surface area contributed by atoms with Gasteiger partial charge in [-0.3, -0.25) is 4.79 Å². The molecule has 1 aromatic rings. The van der Waals surface area contributed by atoms with Gasteiger partial charge in [0.15, 0.2) is 0 Å². The number of nitrogens with two attached hydrogens (primary N) is 1. The highest BCUT2D eigenvalue weighted by molar-refractivity contribution is 7.80. The van der Waals surface area contributed by atoms with Crippen LogP contribution < -0.4 is 5.73 Å². The summed E-state index contributed by atoms with van der Waals surface area (Å²) in [5.74, 6) is -0.162. The van der Waals surface area contributed by atoms with Crippen LogP contribution in [0.2, 0.25) is 10.0 Å². The predicted octanol–water partition coefficient (Wildman–Crippen LogP) is 3.27. The van der Waals surface area contributed by atoms with Crippen molar-refractivity contribution < 1.29 is 4.79 Å². The van der Waals surface area contributed by atoms with E-state index in [0.29, 0.717) is 22.1 Å². The molecule has 0 radical (unpaired) electrons. The molecule has 102 valence electrons. The molecule has 1 atom stereocenters. The summed E-state index contributed by atoms with van der Waals surface area (Å²) in [5.41, 5.74) is 6.12. The number of hydrogen-bond acceptors (Lipinski definition) is 2. The Morgan fingerprint density at radius 3 is 2.79 bits per heavy atom. The molecule has 0 bridgehead atoms. The van der Waals surface area contributed by atoms with Gasteiger partial charge in [-0.1, -0.05) is 41.5 Å². The van der Waals surface area contributed by atoms with Gasteiger partial charge in [0, 0.05) is 6.54 Å². The van der Waals surface area contributed by atoms with E-state index in [2.05, 4.69) is 0 Å². The molecule has 1 aliphatic rings. The van der Waals surface area contributed by atoms with Crippen LogP contribution in [0.25, 0.3) is 0 Å². The Morgan fingerprint density at radius 1 is 1.37 bits per heavy atom. The Hall–Kier alpha value is -0.840. The van der Waals surface area contributed by atoms with E-state index < -0.39 is 0 Å². The smallest absolute Gasteiger partial charge is 0.256 e. The largest absolute Gasteiger partial charge is 0.392 e. The lowest BCUT2D eigenvalue weighted by atomic mass is 10.0. The van der Waals surface area contributed by atoms with Crippen LogP contribution in [0.3, 0.4) is 0 Å². The van der Waals surface area contributed by atoms with Gasteiger partial charge in [-0.2, -0.15) is 0 Å². The summed E-state index contributed by atoms with van der Waals surface area (Å²) in [6.45, 7) is 0.643. The fourth-order valence-corrected chi connectivity index (χ4v) is 2.92. The number of hydrogen-bond donors (Lipinski definition) is 1. The molecule has 0 spiro atoms. The van der Waals surface area contributed by atoms with Gasteiger partial charge in [0.25, 0.3) is 5.91 Å². The highest BCUT2D eigenvalue weighted by Gasteiger charge is 2.30. The molecule has 3 nitrogen and oxygen atoms in total. The first-order valence-corrected chi connectivity index (χ1v) is 7.23. The molecule has 1 amide bonds. The van der Waals surface area contributed by atoms with Crippen molar-refractivity contribution in [3.8, 4) is 0 Å². The van der Waals surface area contributed by atoms with Crippen molar-refractivity contribution in [2.75, 3.05) is 6.54 Å². The van der Waals surface area contributed by atoms with Crippen LogP contribution in [0.15, 0.2) is 18.2 Å². The molecule has 1 saturated heterocycles. The van der Waals surface area contributed by atoms with E-state index >= 15 is 0 Å². The van der Waals surface area contributed by atoms with Gasteiger partial charge in [0.1, 0.15) is 0 Å². The van der Waals surface area contributed by atoms with Crippen molar-refractivity contribution >= 4 is 46.3 Å². The molecule has 0 saturated carbocycles. The molecular formula is C13H14Cl2N2OS. The van der Waals surface area contributed by atoms with Crippen LogP contribution in [-0.4, -0.2) is 28.4 Å². The van der Waals surface area contributed by atoms with E-state index in [9.17, 15) is 4.79 Å². The minimum atomic E-state index is -0.189. The lowest BCUT2D eigenvalue weighted by molar-refractivity contribution is 0.0681. The zero-order chi connectivity index (χ0) is 14.0. The fraction of sp³-hybridized carbons (Fsp3) is 0.385. The Balaban J connectivity index is 2.31. The molecular weight excluding hydrogens is 303 g/mol. The summed E-state index contributed by atoms with van der Waals surface area (Å²) in [7, 11) is 0. The quantitative estimate of drug-likeness (QED) is 0.852. The molecule has 0 aliphatic carbocycles. The first-order valence-electron chi connectivity index (χ1n) is 6.06. The van der Waals surface area contributed by atoms with E-state index in [1.807, 2.05) is 0 Å². The van der Waals surface area contributed by atoms with Crippen LogP contribution in [0, 0.1) is 0 Å². The summed E-state index contributed by atoms with van der Waals surface area (Å²) in [5, 5.41) is 0.651. The van der Waals surface area contributed by atoms with Crippen molar-refractivity contribution in [2.24, 2.45) is 5.73 Å². The maximum absolute atomic E-state index is 12.6. The number of carbonyl (C=O) groups excluding carboxylic acids is 1. The number of carbonyl (C=O) groups is 1. The van der Waals surface area contributed by atoms with Crippen molar-refractivity contribution in [1.82, 2.24) is 4.90 Å². The molecule has 2 rings (SSSR count). The lowest BCUT2D eigenvalue weighted by Gasteiger charge is -2.35. The zero-order valence-electron chi connectivity index (χ0n) is 10.2. The third kappa shape index (κ3) is 3.02. The summed E-state index contributed by atoms with van der Waals surface area (Å²) in [4.78, 5) is 14.6. The highest BCUT2D eigenvalue weighted by atomic mass is 35.5. The molecule has 1 fully saturated rings.